The molecule has 0 aliphatic rings. The molecule has 1 aromatic carbocycles. The van der Waals surface area contributed by atoms with Crippen LogP contribution in [0.1, 0.15) is 65.3 Å². The van der Waals surface area contributed by atoms with Crippen molar-refractivity contribution >= 4 is 11.6 Å². The Hall–Kier alpha value is -3.23. The van der Waals surface area contributed by atoms with E-state index in [1.54, 1.807) is 19.1 Å². The molecule has 0 unspecified atom stereocenters. The van der Waals surface area contributed by atoms with Crippen molar-refractivity contribution in [1.82, 2.24) is 15.1 Å². The minimum Gasteiger partial charge on any atom is -0.496 e. The van der Waals surface area contributed by atoms with E-state index in [2.05, 4.69) is 15.6 Å². The second kappa shape index (κ2) is 13.2. The number of carbonyl (C=O) groups excluding carboxylic acids is 1. The summed E-state index contributed by atoms with van der Waals surface area (Å²) >= 11 is 0. The number of halogens is 1. The van der Waals surface area contributed by atoms with E-state index in [0.29, 0.717) is 41.1 Å². The van der Waals surface area contributed by atoms with Gasteiger partial charge in [-0.1, -0.05) is 32.9 Å². The highest BCUT2D eigenvalue weighted by molar-refractivity contribution is 5.96. The van der Waals surface area contributed by atoms with Gasteiger partial charge in [-0.15, -0.1) is 0 Å². The zero-order valence-electron chi connectivity index (χ0n) is 22.6. The number of benzene rings is 1. The molecule has 198 valence electrons. The van der Waals surface area contributed by atoms with Crippen molar-refractivity contribution in [3.05, 3.63) is 57.3 Å². The largest absolute Gasteiger partial charge is 0.496 e. The number of nitrogens with one attached hydrogen (secondary N) is 1. The average Bonchev–Trinajstić information content (AvgIpc) is 2.82. The Bertz CT molecular complexity index is 1130. The quantitative estimate of drug-likeness (QED) is 0.348. The lowest BCUT2D eigenvalue weighted by molar-refractivity contribution is -0.125. The van der Waals surface area contributed by atoms with E-state index in [1.165, 1.54) is 23.9 Å². The third-order valence-electron chi connectivity index (χ3n) is 5.75. The fraction of sp³-hybridized carbons (Fsp3) is 0.556. The molecule has 36 heavy (non-hydrogen) atoms. The Balaban J connectivity index is 2.48. The molecular weight excluding hydrogens is 463 g/mol. The van der Waals surface area contributed by atoms with Crippen LogP contribution in [-0.2, 0) is 29.0 Å². The Morgan fingerprint density at radius 3 is 2.36 bits per heavy atom. The van der Waals surface area contributed by atoms with Crippen molar-refractivity contribution in [1.29, 1.82) is 0 Å². The van der Waals surface area contributed by atoms with Crippen LogP contribution in [0.2, 0.25) is 0 Å². The number of hydrogen-bond donors (Lipinski definition) is 1. The van der Waals surface area contributed by atoms with Crippen LogP contribution in [0.15, 0.2) is 34.2 Å². The van der Waals surface area contributed by atoms with Gasteiger partial charge in [0.25, 0.3) is 5.56 Å². The maximum absolute atomic E-state index is 13.9. The normalized spacial score (nSPS) is 12.8. The number of rotatable bonds is 12. The number of amides is 1. The number of carbonyl (C=O) groups is 1. The highest BCUT2D eigenvalue weighted by Gasteiger charge is 2.21. The van der Waals surface area contributed by atoms with E-state index in [-0.39, 0.29) is 47.8 Å². The van der Waals surface area contributed by atoms with Crippen LogP contribution in [0.3, 0.4) is 0 Å². The number of ether oxygens (including phenoxy) is 1. The first-order valence-electron chi connectivity index (χ1n) is 12.4. The molecule has 0 saturated heterocycles. The Kier molecular flexibility index (Phi) is 10.6. The molecule has 1 N–H and O–H groups in total. The fourth-order valence-corrected chi connectivity index (χ4v) is 3.48. The molecule has 1 heterocycles. The van der Waals surface area contributed by atoms with E-state index in [9.17, 15) is 14.0 Å². The SMILES string of the molecule is COc1ccc(F)cc1CCc1cc(/C(C)=N/OC(C)C)nn(C[C@@H](NC(=O)C(C)C)C(C)C)c1=O. The maximum Gasteiger partial charge on any atom is 0.270 e. The van der Waals surface area contributed by atoms with Crippen molar-refractivity contribution < 1.29 is 18.8 Å². The average molecular weight is 503 g/mol. The summed E-state index contributed by atoms with van der Waals surface area (Å²) in [5.74, 6) is 0.00333. The van der Waals surface area contributed by atoms with Crippen LogP contribution in [0.4, 0.5) is 4.39 Å². The molecule has 2 rings (SSSR count). The smallest absolute Gasteiger partial charge is 0.270 e. The van der Waals surface area contributed by atoms with Crippen molar-refractivity contribution in [2.45, 2.75) is 80.0 Å². The number of methoxy groups -OCH3 is 1. The first kappa shape index (κ1) is 29.0. The van der Waals surface area contributed by atoms with Gasteiger partial charge in [-0.2, -0.15) is 5.10 Å². The van der Waals surface area contributed by atoms with Crippen LogP contribution in [0.25, 0.3) is 0 Å². The van der Waals surface area contributed by atoms with Crippen molar-refractivity contribution in [3.8, 4) is 5.75 Å². The highest BCUT2D eigenvalue weighted by atomic mass is 19.1. The van der Waals surface area contributed by atoms with Gasteiger partial charge in [0.05, 0.1) is 19.7 Å². The summed E-state index contributed by atoms with van der Waals surface area (Å²) in [6.45, 7) is 13.3. The lowest BCUT2D eigenvalue weighted by atomic mass is 10.0. The zero-order valence-corrected chi connectivity index (χ0v) is 22.6. The molecule has 2 aromatic rings. The van der Waals surface area contributed by atoms with Crippen molar-refractivity contribution in [2.24, 2.45) is 17.0 Å². The van der Waals surface area contributed by atoms with Crippen LogP contribution < -0.4 is 15.6 Å². The van der Waals surface area contributed by atoms with Crippen LogP contribution >= 0.6 is 0 Å². The second-order valence-electron chi connectivity index (χ2n) is 9.84. The minimum absolute atomic E-state index is 0.0732. The molecule has 0 radical (unpaired) electrons. The molecule has 0 fully saturated rings. The van der Waals surface area contributed by atoms with E-state index in [4.69, 9.17) is 9.57 Å². The zero-order chi connectivity index (χ0) is 27.0. The highest BCUT2D eigenvalue weighted by Crippen LogP contribution is 2.21. The van der Waals surface area contributed by atoms with Crippen molar-refractivity contribution in [3.63, 3.8) is 0 Å². The van der Waals surface area contributed by atoms with Crippen LogP contribution in [0, 0.1) is 17.7 Å². The van der Waals surface area contributed by atoms with Gasteiger partial charge in [-0.05, 0) is 69.4 Å². The summed E-state index contributed by atoms with van der Waals surface area (Å²) < 4.78 is 20.6. The minimum atomic E-state index is -0.367. The summed E-state index contributed by atoms with van der Waals surface area (Å²) in [4.78, 5) is 31.2. The number of nitrogens with zero attached hydrogens (tertiary/aromatic N) is 3. The van der Waals surface area contributed by atoms with Gasteiger partial charge in [-0.25, -0.2) is 9.07 Å². The lowest BCUT2D eigenvalue weighted by Gasteiger charge is -2.24. The Morgan fingerprint density at radius 2 is 1.78 bits per heavy atom. The van der Waals surface area contributed by atoms with Crippen LogP contribution in [0.5, 0.6) is 5.75 Å². The van der Waals surface area contributed by atoms with Gasteiger partial charge in [0, 0.05) is 11.5 Å². The first-order chi connectivity index (χ1) is 16.9. The van der Waals surface area contributed by atoms with E-state index < -0.39 is 0 Å². The Morgan fingerprint density at radius 1 is 1.11 bits per heavy atom. The summed E-state index contributed by atoms with van der Waals surface area (Å²) in [7, 11) is 1.53. The number of oxime groups is 1. The standard InChI is InChI=1S/C27H39FN4O4/c1-16(2)24(29-26(33)17(3)4)15-32-27(34)21(14-23(30-32)19(7)31-36-18(5)6)10-9-20-13-22(28)11-12-25(20)35-8/h11-14,16-18,24H,9-10,15H2,1-8H3,(H,29,33)/b31-19+/t24-/m1/s1. The number of aromatic nitrogens is 2. The predicted molar refractivity (Wildman–Crippen MR) is 139 cm³/mol. The van der Waals surface area contributed by atoms with Gasteiger partial charge in [0.1, 0.15) is 29.1 Å². The van der Waals surface area contributed by atoms with E-state index in [1.807, 2.05) is 41.5 Å². The van der Waals surface area contributed by atoms with E-state index in [0.717, 1.165) is 0 Å². The first-order valence-corrected chi connectivity index (χ1v) is 12.4. The van der Waals surface area contributed by atoms with Gasteiger partial charge < -0.3 is 14.9 Å². The van der Waals surface area contributed by atoms with Gasteiger partial charge in [0.15, 0.2) is 0 Å². The molecule has 0 aliphatic carbocycles. The molecule has 9 heteroatoms. The third-order valence-corrected chi connectivity index (χ3v) is 5.75. The van der Waals surface area contributed by atoms with Gasteiger partial charge in [0.2, 0.25) is 5.91 Å². The molecule has 0 bridgehead atoms. The van der Waals surface area contributed by atoms with Gasteiger partial charge in [-0.3, -0.25) is 9.59 Å². The molecule has 0 aliphatic heterocycles. The topological polar surface area (TPSA) is 94.8 Å². The molecule has 8 nitrogen and oxygen atoms in total. The molecule has 1 amide bonds. The molecular formula is C27H39FN4O4. The lowest BCUT2D eigenvalue weighted by Crippen LogP contribution is -2.46. The summed E-state index contributed by atoms with van der Waals surface area (Å²) in [6.07, 6.45) is 0.634. The van der Waals surface area contributed by atoms with Crippen molar-refractivity contribution in [2.75, 3.05) is 7.11 Å². The number of hydrogen-bond acceptors (Lipinski definition) is 6. The molecule has 1 atom stereocenters. The maximum atomic E-state index is 13.9. The monoisotopic (exact) mass is 502 g/mol. The Labute approximate surface area is 212 Å². The fourth-order valence-electron chi connectivity index (χ4n) is 3.48. The summed E-state index contributed by atoms with van der Waals surface area (Å²) in [5.41, 5.74) is 1.92. The summed E-state index contributed by atoms with van der Waals surface area (Å²) in [5, 5.41) is 11.7. The predicted octanol–water partition coefficient (Wildman–Crippen LogP) is 4.12. The third kappa shape index (κ3) is 8.17. The van der Waals surface area contributed by atoms with E-state index >= 15 is 0 Å². The molecule has 1 aromatic heterocycles. The second-order valence-corrected chi connectivity index (χ2v) is 9.84. The summed E-state index contributed by atoms with van der Waals surface area (Å²) in [6, 6.07) is 5.74. The number of aryl methyl sites for hydroxylation is 2. The van der Waals surface area contributed by atoms with Gasteiger partial charge >= 0.3 is 0 Å². The molecule has 0 spiro atoms. The van der Waals surface area contributed by atoms with Crippen LogP contribution in [-0.4, -0.2) is 40.7 Å². The molecule has 0 saturated carbocycles.